The molecule has 0 radical (unpaired) electrons. The first-order valence-corrected chi connectivity index (χ1v) is 7.78. The highest BCUT2D eigenvalue weighted by molar-refractivity contribution is 7.61. The monoisotopic (exact) mass is 253 g/mol. The molecule has 0 aromatic heterocycles. The third-order valence-electron chi connectivity index (χ3n) is 4.18. The van der Waals surface area contributed by atoms with Gasteiger partial charge in [0.15, 0.2) is 10.6 Å². The molecule has 0 spiro atoms. The first kappa shape index (κ1) is 10.5. The second-order valence-corrected chi connectivity index (χ2v) is 6.82. The molecule has 0 amide bonds. The van der Waals surface area contributed by atoms with Crippen LogP contribution in [0.4, 0.5) is 0 Å². The molecule has 0 atom stereocenters. The van der Waals surface area contributed by atoms with Gasteiger partial charge in [-0.3, -0.25) is 0 Å². The SMILES string of the molecule is O=[P+](c1ccc2c(c1)CC2)c1ccc2c(c1)CC2. The molecular weight excluding hydrogens is 239 g/mol. The van der Waals surface area contributed by atoms with Crippen molar-refractivity contribution in [2.24, 2.45) is 0 Å². The van der Waals surface area contributed by atoms with Crippen molar-refractivity contribution in [2.45, 2.75) is 25.7 Å². The first-order valence-electron chi connectivity index (χ1n) is 6.52. The third kappa shape index (κ3) is 1.47. The van der Waals surface area contributed by atoms with Crippen molar-refractivity contribution >= 4 is 18.4 Å². The maximum atomic E-state index is 12.6. The lowest BCUT2D eigenvalue weighted by atomic mass is 9.89. The maximum Gasteiger partial charge on any atom is 0.415 e. The minimum atomic E-state index is -1.41. The lowest BCUT2D eigenvalue weighted by Gasteiger charge is -2.18. The van der Waals surface area contributed by atoms with Gasteiger partial charge in [-0.15, -0.1) is 0 Å². The van der Waals surface area contributed by atoms with Crippen LogP contribution in [0.1, 0.15) is 22.3 Å². The zero-order chi connectivity index (χ0) is 12.1. The van der Waals surface area contributed by atoms with Crippen LogP contribution < -0.4 is 10.6 Å². The minimum absolute atomic E-state index is 0.989. The van der Waals surface area contributed by atoms with E-state index in [1.54, 1.807) is 0 Å². The molecule has 2 aromatic rings. The van der Waals surface area contributed by atoms with Crippen molar-refractivity contribution in [3.63, 3.8) is 0 Å². The van der Waals surface area contributed by atoms with Gasteiger partial charge in [0.25, 0.3) is 0 Å². The van der Waals surface area contributed by atoms with Crippen molar-refractivity contribution in [1.29, 1.82) is 0 Å². The third-order valence-corrected chi connectivity index (χ3v) is 5.67. The van der Waals surface area contributed by atoms with Gasteiger partial charge in [0.1, 0.15) is 0 Å². The van der Waals surface area contributed by atoms with Gasteiger partial charge >= 0.3 is 7.80 Å². The number of rotatable bonds is 2. The number of fused-ring (bicyclic) bond motifs is 2. The fourth-order valence-corrected chi connectivity index (χ4v) is 4.03. The Morgan fingerprint density at radius 3 is 1.44 bits per heavy atom. The van der Waals surface area contributed by atoms with Crippen molar-refractivity contribution in [2.75, 3.05) is 0 Å². The smallest absolute Gasteiger partial charge is 0.0613 e. The molecule has 18 heavy (non-hydrogen) atoms. The zero-order valence-corrected chi connectivity index (χ0v) is 11.0. The number of hydrogen-bond acceptors (Lipinski definition) is 1. The van der Waals surface area contributed by atoms with Gasteiger partial charge in [-0.1, -0.05) is 16.7 Å². The Balaban J connectivity index is 1.72. The molecule has 0 saturated heterocycles. The fraction of sp³-hybridized carbons (Fsp3) is 0.250. The summed E-state index contributed by atoms with van der Waals surface area (Å²) in [5, 5.41) is 1.98. The van der Waals surface area contributed by atoms with Crippen LogP contribution >= 0.6 is 7.80 Å². The van der Waals surface area contributed by atoms with Crippen LogP contribution in [0.3, 0.4) is 0 Å². The summed E-state index contributed by atoms with van der Waals surface area (Å²) in [6, 6.07) is 12.6. The van der Waals surface area contributed by atoms with Gasteiger partial charge in [0, 0.05) is 0 Å². The summed E-state index contributed by atoms with van der Waals surface area (Å²) in [5.74, 6) is 0. The lowest BCUT2D eigenvalue weighted by Crippen LogP contribution is -2.17. The van der Waals surface area contributed by atoms with Gasteiger partial charge in [-0.05, 0) is 72.2 Å². The molecule has 2 aliphatic carbocycles. The van der Waals surface area contributed by atoms with E-state index in [2.05, 4.69) is 24.3 Å². The highest BCUT2D eigenvalue weighted by Gasteiger charge is 2.28. The lowest BCUT2D eigenvalue weighted by molar-refractivity contribution is 0.598. The van der Waals surface area contributed by atoms with Crippen molar-refractivity contribution in [3.8, 4) is 0 Å². The summed E-state index contributed by atoms with van der Waals surface area (Å²) in [4.78, 5) is 0. The topological polar surface area (TPSA) is 17.1 Å². The van der Waals surface area contributed by atoms with Crippen molar-refractivity contribution in [1.82, 2.24) is 0 Å². The van der Waals surface area contributed by atoms with E-state index in [1.807, 2.05) is 12.1 Å². The van der Waals surface area contributed by atoms with E-state index in [4.69, 9.17) is 0 Å². The van der Waals surface area contributed by atoms with Crippen LogP contribution in [0.5, 0.6) is 0 Å². The second kappa shape index (κ2) is 3.76. The second-order valence-electron chi connectivity index (χ2n) is 5.20. The Morgan fingerprint density at radius 2 is 1.11 bits per heavy atom. The molecule has 4 rings (SSSR count). The standard InChI is InChI=1S/C16H14OP/c17-18(15-7-5-11-1-3-13(11)9-15)16-8-6-12-2-4-14(12)10-16/h5-10H,1-4H2/q+1. The van der Waals surface area contributed by atoms with Crippen LogP contribution in [-0.2, 0) is 30.2 Å². The van der Waals surface area contributed by atoms with Crippen LogP contribution in [0.25, 0.3) is 0 Å². The molecule has 0 N–H and O–H groups in total. The van der Waals surface area contributed by atoms with E-state index in [1.165, 1.54) is 35.1 Å². The minimum Gasteiger partial charge on any atom is -0.0613 e. The predicted octanol–water partition coefficient (Wildman–Crippen LogP) is 2.66. The number of benzene rings is 2. The maximum absolute atomic E-state index is 12.6. The van der Waals surface area contributed by atoms with Gasteiger partial charge < -0.3 is 0 Å². The fourth-order valence-electron chi connectivity index (χ4n) is 2.76. The summed E-state index contributed by atoms with van der Waals surface area (Å²) in [5.41, 5.74) is 5.64. The average molecular weight is 253 g/mol. The van der Waals surface area contributed by atoms with Crippen molar-refractivity contribution in [3.05, 3.63) is 58.7 Å². The molecule has 0 heterocycles. The summed E-state index contributed by atoms with van der Waals surface area (Å²) in [7, 11) is -1.41. The zero-order valence-electron chi connectivity index (χ0n) is 10.1. The number of hydrogen-bond donors (Lipinski definition) is 0. The van der Waals surface area contributed by atoms with Crippen LogP contribution in [0.2, 0.25) is 0 Å². The molecular formula is C16H14OP+. The van der Waals surface area contributed by atoms with E-state index < -0.39 is 7.80 Å². The van der Waals surface area contributed by atoms with Gasteiger partial charge in [-0.2, -0.15) is 0 Å². The highest BCUT2D eigenvalue weighted by Crippen LogP contribution is 2.29. The molecule has 2 aliphatic rings. The van der Waals surface area contributed by atoms with E-state index in [9.17, 15) is 4.57 Å². The summed E-state index contributed by atoms with van der Waals surface area (Å²) in [6.45, 7) is 0. The summed E-state index contributed by atoms with van der Waals surface area (Å²) >= 11 is 0. The molecule has 0 saturated carbocycles. The van der Waals surface area contributed by atoms with Gasteiger partial charge in [0.05, 0.1) is 0 Å². The van der Waals surface area contributed by atoms with Crippen molar-refractivity contribution < 1.29 is 4.57 Å². The quantitative estimate of drug-likeness (QED) is 0.752. The Kier molecular flexibility index (Phi) is 2.19. The average Bonchev–Trinajstić information content (AvgIpc) is 2.32. The van der Waals surface area contributed by atoms with E-state index in [0.29, 0.717) is 0 Å². The summed E-state index contributed by atoms with van der Waals surface area (Å²) < 4.78 is 12.6. The Hall–Kier alpha value is -1.46. The molecule has 0 unspecified atom stereocenters. The van der Waals surface area contributed by atoms with Crippen LogP contribution in [-0.4, -0.2) is 0 Å². The molecule has 0 bridgehead atoms. The Labute approximate surface area is 108 Å². The largest absolute Gasteiger partial charge is 0.415 e. The molecule has 88 valence electrons. The van der Waals surface area contributed by atoms with Crippen LogP contribution in [0, 0.1) is 0 Å². The highest BCUT2D eigenvalue weighted by atomic mass is 31.1. The van der Waals surface area contributed by atoms with E-state index in [0.717, 1.165) is 23.5 Å². The molecule has 2 aromatic carbocycles. The van der Waals surface area contributed by atoms with Gasteiger partial charge in [-0.25, -0.2) is 0 Å². The molecule has 1 nitrogen and oxygen atoms in total. The summed E-state index contributed by atoms with van der Waals surface area (Å²) in [6.07, 6.45) is 4.67. The molecule has 0 fully saturated rings. The Morgan fingerprint density at radius 1 is 0.667 bits per heavy atom. The van der Waals surface area contributed by atoms with E-state index in [-0.39, 0.29) is 0 Å². The Bertz CT molecular complexity index is 615. The molecule has 0 aliphatic heterocycles. The normalized spacial score (nSPS) is 15.1. The predicted molar refractivity (Wildman–Crippen MR) is 74.6 cm³/mol. The first-order chi connectivity index (χ1) is 8.81. The molecule has 2 heteroatoms. The van der Waals surface area contributed by atoms with Gasteiger partial charge in [0.2, 0.25) is 0 Å². The number of aryl methyl sites for hydroxylation is 4. The van der Waals surface area contributed by atoms with E-state index >= 15 is 0 Å². The van der Waals surface area contributed by atoms with Crippen LogP contribution in [0.15, 0.2) is 36.4 Å².